The minimum atomic E-state index is -1.23. The maximum absolute atomic E-state index is 13.6. The van der Waals surface area contributed by atoms with E-state index in [1.807, 2.05) is 6.07 Å². The standard InChI is InChI=1S/C22H20ClN3O3.C11H12O4/c1-2-29-22(28)20(17-8-4-3-5-9-17)21(27)26(19-10-6-7-13-24-19)15-16-11-12-18(23)25-14-16;1-2-15-11(14)9(10(12)13)8-6-4-3-5-7-8/h3-14,20H,2,15H2,1H3;3-7,9H,2H2,1H3,(H,12,13). The monoisotopic (exact) mass is 617 g/mol. The quantitative estimate of drug-likeness (QED) is 0.133. The molecular weight excluding hydrogens is 586 g/mol. The average molecular weight is 618 g/mol. The highest BCUT2D eigenvalue weighted by atomic mass is 35.5. The van der Waals surface area contributed by atoms with Crippen LogP contribution in [0.2, 0.25) is 5.15 Å². The predicted molar refractivity (Wildman–Crippen MR) is 164 cm³/mol. The van der Waals surface area contributed by atoms with Crippen LogP contribution in [-0.2, 0) is 35.2 Å². The van der Waals surface area contributed by atoms with Gasteiger partial charge in [0.05, 0.1) is 19.8 Å². The Bertz CT molecular complexity index is 1510. The zero-order valence-corrected chi connectivity index (χ0v) is 25.0. The molecule has 0 saturated heterocycles. The van der Waals surface area contributed by atoms with Crippen LogP contribution in [-0.4, -0.2) is 52.1 Å². The molecule has 10 nitrogen and oxygen atoms in total. The van der Waals surface area contributed by atoms with Crippen LogP contribution in [0, 0.1) is 0 Å². The van der Waals surface area contributed by atoms with Gasteiger partial charge < -0.3 is 14.6 Å². The molecule has 0 aliphatic carbocycles. The van der Waals surface area contributed by atoms with Crippen molar-refractivity contribution in [1.82, 2.24) is 9.97 Å². The molecule has 2 unspecified atom stereocenters. The second kappa shape index (κ2) is 17.1. The molecule has 2 atom stereocenters. The molecule has 4 aromatic rings. The van der Waals surface area contributed by atoms with Crippen molar-refractivity contribution in [3.8, 4) is 0 Å². The Morgan fingerprint density at radius 1 is 0.750 bits per heavy atom. The Kier molecular flexibility index (Phi) is 13.0. The number of hydrogen-bond donors (Lipinski definition) is 1. The van der Waals surface area contributed by atoms with Crippen LogP contribution in [0.1, 0.15) is 42.4 Å². The van der Waals surface area contributed by atoms with Gasteiger partial charge in [-0.3, -0.25) is 24.1 Å². The number of pyridine rings is 2. The lowest BCUT2D eigenvalue weighted by Crippen LogP contribution is -2.39. The van der Waals surface area contributed by atoms with Gasteiger partial charge in [0.1, 0.15) is 11.0 Å². The van der Waals surface area contributed by atoms with Crippen molar-refractivity contribution < 1.29 is 33.8 Å². The minimum Gasteiger partial charge on any atom is -0.480 e. The highest BCUT2D eigenvalue weighted by Crippen LogP contribution is 2.25. The molecule has 1 N–H and O–H groups in total. The lowest BCUT2D eigenvalue weighted by atomic mass is 9.97. The normalized spacial score (nSPS) is 11.6. The third-order valence-corrected chi connectivity index (χ3v) is 6.35. The van der Waals surface area contributed by atoms with Crippen LogP contribution in [0.5, 0.6) is 0 Å². The number of nitrogens with zero attached hydrogens (tertiary/aromatic N) is 3. The summed E-state index contributed by atoms with van der Waals surface area (Å²) in [6, 6.07) is 25.9. The lowest BCUT2D eigenvalue weighted by molar-refractivity contribution is -0.154. The summed E-state index contributed by atoms with van der Waals surface area (Å²) < 4.78 is 9.89. The largest absolute Gasteiger partial charge is 0.480 e. The van der Waals surface area contributed by atoms with E-state index in [9.17, 15) is 19.2 Å². The minimum absolute atomic E-state index is 0.176. The molecule has 4 rings (SSSR count). The number of aliphatic carboxylic acids is 1. The molecule has 2 aromatic heterocycles. The molecule has 0 aliphatic rings. The number of amides is 1. The van der Waals surface area contributed by atoms with E-state index in [2.05, 4.69) is 9.97 Å². The number of carboxylic acid groups (broad SMARTS) is 1. The van der Waals surface area contributed by atoms with E-state index in [1.165, 1.54) is 4.90 Å². The molecule has 0 radical (unpaired) electrons. The first-order valence-electron chi connectivity index (χ1n) is 13.8. The van der Waals surface area contributed by atoms with E-state index in [-0.39, 0.29) is 19.8 Å². The van der Waals surface area contributed by atoms with Gasteiger partial charge in [0, 0.05) is 12.4 Å². The molecule has 11 heteroatoms. The van der Waals surface area contributed by atoms with E-state index in [0.717, 1.165) is 5.56 Å². The van der Waals surface area contributed by atoms with Gasteiger partial charge in [-0.2, -0.15) is 0 Å². The fourth-order valence-electron chi connectivity index (χ4n) is 4.12. The fraction of sp³-hybridized carbons (Fsp3) is 0.212. The number of anilines is 1. The van der Waals surface area contributed by atoms with Crippen molar-refractivity contribution in [2.75, 3.05) is 18.1 Å². The number of esters is 2. The number of aromatic nitrogens is 2. The average Bonchev–Trinajstić information content (AvgIpc) is 3.03. The van der Waals surface area contributed by atoms with E-state index in [1.54, 1.807) is 111 Å². The Morgan fingerprint density at radius 3 is 1.77 bits per heavy atom. The second-order valence-electron chi connectivity index (χ2n) is 9.13. The molecule has 2 aromatic carbocycles. The molecular formula is C33H32ClN3O7. The summed E-state index contributed by atoms with van der Waals surface area (Å²) in [7, 11) is 0. The number of carbonyl (C=O) groups is 4. The van der Waals surface area contributed by atoms with Gasteiger partial charge in [-0.25, -0.2) is 9.97 Å². The van der Waals surface area contributed by atoms with Crippen molar-refractivity contribution in [3.63, 3.8) is 0 Å². The van der Waals surface area contributed by atoms with Crippen molar-refractivity contribution >= 4 is 41.2 Å². The van der Waals surface area contributed by atoms with Crippen molar-refractivity contribution in [1.29, 1.82) is 0 Å². The summed E-state index contributed by atoms with van der Waals surface area (Å²) in [6.45, 7) is 3.89. The Morgan fingerprint density at radius 2 is 1.30 bits per heavy atom. The van der Waals surface area contributed by atoms with Crippen molar-refractivity contribution in [2.24, 2.45) is 0 Å². The smallest absolute Gasteiger partial charge is 0.324 e. The fourth-order valence-corrected chi connectivity index (χ4v) is 4.24. The topological polar surface area (TPSA) is 136 Å². The first kappa shape index (κ1) is 33.4. The molecule has 228 valence electrons. The number of ether oxygens (including phenoxy) is 2. The van der Waals surface area contributed by atoms with Gasteiger partial charge in [0.2, 0.25) is 5.91 Å². The molecule has 44 heavy (non-hydrogen) atoms. The summed E-state index contributed by atoms with van der Waals surface area (Å²) >= 11 is 5.87. The highest BCUT2D eigenvalue weighted by molar-refractivity contribution is 6.29. The lowest BCUT2D eigenvalue weighted by Gasteiger charge is -2.26. The number of benzene rings is 2. The van der Waals surface area contributed by atoms with E-state index in [0.29, 0.717) is 22.1 Å². The van der Waals surface area contributed by atoms with Crippen molar-refractivity contribution in [2.45, 2.75) is 32.2 Å². The van der Waals surface area contributed by atoms with Gasteiger partial charge in [-0.15, -0.1) is 0 Å². The second-order valence-corrected chi connectivity index (χ2v) is 9.52. The molecule has 0 spiro atoms. The molecule has 0 fully saturated rings. The Balaban J connectivity index is 0.000000297. The summed E-state index contributed by atoms with van der Waals surface area (Å²) in [5.74, 6) is -4.85. The number of carbonyl (C=O) groups excluding carboxylic acids is 3. The van der Waals surface area contributed by atoms with Gasteiger partial charge >= 0.3 is 17.9 Å². The first-order valence-corrected chi connectivity index (χ1v) is 14.1. The van der Waals surface area contributed by atoms with Crippen LogP contribution in [0.25, 0.3) is 0 Å². The third kappa shape index (κ3) is 9.47. The Labute approximate surface area is 260 Å². The molecule has 2 heterocycles. The summed E-state index contributed by atoms with van der Waals surface area (Å²) in [6.07, 6.45) is 3.19. The van der Waals surface area contributed by atoms with Gasteiger partial charge in [0.15, 0.2) is 11.8 Å². The molecule has 0 saturated carbocycles. The first-order chi connectivity index (χ1) is 21.3. The van der Waals surface area contributed by atoms with Crippen LogP contribution in [0.3, 0.4) is 0 Å². The Hall–Kier alpha value is -5.09. The van der Waals surface area contributed by atoms with Crippen LogP contribution < -0.4 is 4.90 Å². The van der Waals surface area contributed by atoms with E-state index in [4.69, 9.17) is 26.2 Å². The summed E-state index contributed by atoms with van der Waals surface area (Å²) in [4.78, 5) is 58.4. The van der Waals surface area contributed by atoms with Crippen LogP contribution >= 0.6 is 11.6 Å². The SMILES string of the molecule is CCOC(=O)C(C(=O)N(Cc1ccc(Cl)nc1)c1ccccn1)c1ccccc1.CCOC(=O)C(C(=O)O)c1ccccc1. The summed E-state index contributed by atoms with van der Waals surface area (Å²) in [5.41, 5.74) is 1.75. The van der Waals surface area contributed by atoms with Gasteiger partial charge in [0.25, 0.3) is 0 Å². The maximum Gasteiger partial charge on any atom is 0.324 e. The summed E-state index contributed by atoms with van der Waals surface area (Å²) in [5, 5.41) is 9.28. The van der Waals surface area contributed by atoms with Crippen LogP contribution in [0.4, 0.5) is 5.82 Å². The number of hydrogen-bond acceptors (Lipinski definition) is 8. The van der Waals surface area contributed by atoms with Gasteiger partial charge in [-0.1, -0.05) is 84.4 Å². The maximum atomic E-state index is 13.6. The molecule has 0 bridgehead atoms. The number of carboxylic acids is 1. The van der Waals surface area contributed by atoms with E-state index >= 15 is 0 Å². The third-order valence-electron chi connectivity index (χ3n) is 6.13. The zero-order valence-electron chi connectivity index (χ0n) is 24.2. The number of rotatable bonds is 11. The predicted octanol–water partition coefficient (Wildman–Crippen LogP) is 5.43. The van der Waals surface area contributed by atoms with Crippen LogP contribution in [0.15, 0.2) is 103 Å². The van der Waals surface area contributed by atoms with Crippen molar-refractivity contribution in [3.05, 3.63) is 125 Å². The molecule has 0 aliphatic heterocycles. The molecule has 1 amide bonds. The van der Waals surface area contributed by atoms with E-state index < -0.39 is 35.7 Å². The number of halogens is 1. The van der Waals surface area contributed by atoms with Gasteiger partial charge in [-0.05, 0) is 48.7 Å². The zero-order chi connectivity index (χ0) is 31.9. The highest BCUT2D eigenvalue weighted by Gasteiger charge is 2.35.